The highest BCUT2D eigenvalue weighted by Crippen LogP contribution is 2.37. The number of terminal acetylenes is 1. The summed E-state index contributed by atoms with van der Waals surface area (Å²) in [5.41, 5.74) is 1.55. The first-order chi connectivity index (χ1) is 5.66. The minimum absolute atomic E-state index is 0.679. The van der Waals surface area contributed by atoms with Crippen LogP contribution in [0.4, 0.5) is 0 Å². The van der Waals surface area contributed by atoms with Crippen molar-refractivity contribution >= 4 is 0 Å². The van der Waals surface area contributed by atoms with Crippen LogP contribution >= 0.6 is 0 Å². The second-order valence-electron chi connectivity index (χ2n) is 4.02. The maximum Gasteiger partial charge on any atom is 0.0115 e. The Morgan fingerprint density at radius 2 is 2.42 bits per heavy atom. The third-order valence-corrected chi connectivity index (χ3v) is 3.24. The molecule has 1 rings (SSSR count). The van der Waals surface area contributed by atoms with Gasteiger partial charge in [0.1, 0.15) is 0 Å². The van der Waals surface area contributed by atoms with Crippen molar-refractivity contribution in [1.82, 2.24) is 0 Å². The molecule has 0 aromatic heterocycles. The molecule has 3 unspecified atom stereocenters. The first-order valence-corrected chi connectivity index (χ1v) is 4.77. The van der Waals surface area contributed by atoms with Gasteiger partial charge in [-0.05, 0) is 31.1 Å². The molecule has 0 bridgehead atoms. The molecule has 0 saturated carbocycles. The van der Waals surface area contributed by atoms with Crippen molar-refractivity contribution < 1.29 is 0 Å². The largest absolute Gasteiger partial charge is 0.120 e. The number of hydrogen-bond acceptors (Lipinski definition) is 0. The molecule has 0 aromatic carbocycles. The summed E-state index contributed by atoms with van der Waals surface area (Å²) in [6.45, 7) is 6.82. The number of allylic oxidation sites excluding steroid dienone is 2. The van der Waals surface area contributed by atoms with E-state index in [1.54, 1.807) is 5.57 Å². The lowest BCUT2D eigenvalue weighted by atomic mass is 9.82. The molecule has 0 aromatic rings. The Bertz CT molecular complexity index is 217. The minimum Gasteiger partial charge on any atom is -0.120 e. The van der Waals surface area contributed by atoms with Crippen molar-refractivity contribution in [1.29, 1.82) is 0 Å². The molecule has 0 heterocycles. The van der Waals surface area contributed by atoms with E-state index in [9.17, 15) is 0 Å². The lowest BCUT2D eigenvalue weighted by Gasteiger charge is -2.22. The van der Waals surface area contributed by atoms with Crippen molar-refractivity contribution in [2.75, 3.05) is 0 Å². The van der Waals surface area contributed by atoms with Gasteiger partial charge in [-0.1, -0.05) is 25.5 Å². The fourth-order valence-corrected chi connectivity index (χ4v) is 2.11. The minimum atomic E-state index is 0.679. The van der Waals surface area contributed by atoms with E-state index in [-0.39, 0.29) is 0 Å². The van der Waals surface area contributed by atoms with E-state index < -0.39 is 0 Å². The van der Waals surface area contributed by atoms with Gasteiger partial charge in [0.15, 0.2) is 0 Å². The molecule has 0 N–H and O–H groups in total. The van der Waals surface area contributed by atoms with Crippen molar-refractivity contribution in [3.8, 4) is 12.3 Å². The van der Waals surface area contributed by atoms with Gasteiger partial charge in [-0.15, -0.1) is 12.3 Å². The van der Waals surface area contributed by atoms with Gasteiger partial charge in [-0.2, -0.15) is 0 Å². The topological polar surface area (TPSA) is 0 Å². The molecule has 3 atom stereocenters. The van der Waals surface area contributed by atoms with Crippen LogP contribution in [0, 0.1) is 30.1 Å². The average Bonchev–Trinajstić information content (AvgIpc) is 2.34. The van der Waals surface area contributed by atoms with Crippen LogP contribution in [-0.4, -0.2) is 0 Å². The third kappa shape index (κ3) is 1.72. The van der Waals surface area contributed by atoms with Crippen LogP contribution in [0.2, 0.25) is 0 Å². The van der Waals surface area contributed by atoms with E-state index in [2.05, 4.69) is 32.8 Å². The van der Waals surface area contributed by atoms with Gasteiger partial charge >= 0.3 is 0 Å². The van der Waals surface area contributed by atoms with Gasteiger partial charge in [0.2, 0.25) is 0 Å². The highest BCUT2D eigenvalue weighted by atomic mass is 14.3. The van der Waals surface area contributed by atoms with Crippen LogP contribution in [0.5, 0.6) is 0 Å². The number of hydrogen-bond donors (Lipinski definition) is 0. The molecule has 1 aliphatic carbocycles. The van der Waals surface area contributed by atoms with Crippen molar-refractivity contribution in [2.45, 2.75) is 33.6 Å². The van der Waals surface area contributed by atoms with Gasteiger partial charge in [0.25, 0.3) is 0 Å². The number of rotatable bonds is 2. The second kappa shape index (κ2) is 3.81. The maximum absolute atomic E-state index is 5.31. The fourth-order valence-electron chi connectivity index (χ4n) is 2.11. The fraction of sp³-hybridized carbons (Fsp3) is 0.667. The molecule has 0 spiro atoms. The average molecular weight is 162 g/mol. The predicted molar refractivity (Wildman–Crippen MR) is 53.6 cm³/mol. The molecule has 0 heteroatoms. The first kappa shape index (κ1) is 9.39. The highest BCUT2D eigenvalue weighted by molar-refractivity contribution is 5.12. The Hall–Kier alpha value is -0.700. The Kier molecular flexibility index (Phi) is 2.98. The molecular weight excluding hydrogens is 144 g/mol. The van der Waals surface area contributed by atoms with Gasteiger partial charge in [0.05, 0.1) is 0 Å². The molecular formula is C12H18. The van der Waals surface area contributed by atoms with Gasteiger partial charge in [0, 0.05) is 6.42 Å². The summed E-state index contributed by atoms with van der Waals surface area (Å²) in [7, 11) is 0. The monoisotopic (exact) mass is 162 g/mol. The molecule has 1 aliphatic rings. The molecule has 0 amide bonds. The zero-order valence-corrected chi connectivity index (χ0v) is 8.30. The van der Waals surface area contributed by atoms with Crippen LogP contribution in [-0.2, 0) is 0 Å². The van der Waals surface area contributed by atoms with Crippen LogP contribution in [0.15, 0.2) is 11.6 Å². The molecule has 0 saturated heterocycles. The third-order valence-electron chi connectivity index (χ3n) is 3.24. The van der Waals surface area contributed by atoms with Crippen LogP contribution < -0.4 is 0 Å². The summed E-state index contributed by atoms with van der Waals surface area (Å²) in [6, 6.07) is 0. The van der Waals surface area contributed by atoms with Crippen molar-refractivity contribution in [3.05, 3.63) is 11.6 Å². The molecule has 66 valence electrons. The van der Waals surface area contributed by atoms with Crippen LogP contribution in [0.3, 0.4) is 0 Å². The van der Waals surface area contributed by atoms with E-state index in [0.29, 0.717) is 5.92 Å². The smallest absolute Gasteiger partial charge is 0.0115 e. The van der Waals surface area contributed by atoms with E-state index in [4.69, 9.17) is 6.42 Å². The Morgan fingerprint density at radius 1 is 1.75 bits per heavy atom. The Balaban J connectivity index is 2.52. The van der Waals surface area contributed by atoms with E-state index in [1.165, 1.54) is 6.42 Å². The summed E-state index contributed by atoms with van der Waals surface area (Å²) >= 11 is 0. The maximum atomic E-state index is 5.31. The standard InChI is InChI=1S/C12H18/c1-5-6-10(3)12-8-7-9(2)11(12)4/h1,7,10-12H,6,8H2,2-4H3. The zero-order chi connectivity index (χ0) is 9.14. The lowest BCUT2D eigenvalue weighted by molar-refractivity contribution is 0.310. The van der Waals surface area contributed by atoms with E-state index in [1.807, 2.05) is 0 Å². The second-order valence-corrected chi connectivity index (χ2v) is 4.02. The van der Waals surface area contributed by atoms with Gasteiger partial charge in [-0.25, -0.2) is 0 Å². The van der Waals surface area contributed by atoms with Crippen molar-refractivity contribution in [3.63, 3.8) is 0 Å². The quantitative estimate of drug-likeness (QED) is 0.432. The van der Waals surface area contributed by atoms with Crippen molar-refractivity contribution in [2.24, 2.45) is 17.8 Å². The molecule has 0 nitrogen and oxygen atoms in total. The van der Waals surface area contributed by atoms with Gasteiger partial charge < -0.3 is 0 Å². The molecule has 0 radical (unpaired) electrons. The van der Waals surface area contributed by atoms with E-state index >= 15 is 0 Å². The summed E-state index contributed by atoms with van der Waals surface area (Å²) in [5, 5.41) is 0. The SMILES string of the molecule is C#CCC(C)C1CC=C(C)C1C. The summed E-state index contributed by atoms with van der Waals surface area (Å²) in [4.78, 5) is 0. The molecule has 12 heavy (non-hydrogen) atoms. The lowest BCUT2D eigenvalue weighted by Crippen LogP contribution is -2.15. The zero-order valence-electron chi connectivity index (χ0n) is 8.30. The highest BCUT2D eigenvalue weighted by Gasteiger charge is 2.27. The first-order valence-electron chi connectivity index (χ1n) is 4.77. The molecule has 0 fully saturated rings. The Labute approximate surface area is 76.1 Å². The summed E-state index contributed by atoms with van der Waals surface area (Å²) < 4.78 is 0. The molecule has 0 aliphatic heterocycles. The normalized spacial score (nSPS) is 31.0. The predicted octanol–water partition coefficient (Wildman–Crippen LogP) is 3.25. The van der Waals surface area contributed by atoms with Crippen LogP contribution in [0.25, 0.3) is 0 Å². The Morgan fingerprint density at radius 3 is 2.83 bits per heavy atom. The van der Waals surface area contributed by atoms with Crippen LogP contribution in [0.1, 0.15) is 33.6 Å². The summed E-state index contributed by atoms with van der Waals surface area (Å²) in [6.07, 6.45) is 9.83. The van der Waals surface area contributed by atoms with Gasteiger partial charge in [-0.3, -0.25) is 0 Å². The van der Waals surface area contributed by atoms with E-state index in [0.717, 1.165) is 18.3 Å². The summed E-state index contributed by atoms with van der Waals surface area (Å²) in [5.74, 6) is 4.97.